The number of rotatable bonds is 4. The van der Waals surface area contributed by atoms with Gasteiger partial charge in [-0.1, -0.05) is 29.5 Å². The molecule has 0 unspecified atom stereocenters. The van der Waals surface area contributed by atoms with E-state index in [1.807, 2.05) is 24.3 Å². The first-order valence-electron chi connectivity index (χ1n) is 6.62. The van der Waals surface area contributed by atoms with Crippen LogP contribution in [0.4, 0.5) is 0 Å². The van der Waals surface area contributed by atoms with Crippen LogP contribution in [0.2, 0.25) is 0 Å². The lowest BCUT2D eigenvalue weighted by atomic mass is 10.2. The Labute approximate surface area is 125 Å². The molecule has 3 rings (SSSR count). The maximum Gasteiger partial charge on any atom is 0.261 e. The Morgan fingerprint density at radius 2 is 2.00 bits per heavy atom. The van der Waals surface area contributed by atoms with Gasteiger partial charge in [-0.3, -0.25) is 4.79 Å². The van der Waals surface area contributed by atoms with Crippen molar-refractivity contribution in [3.05, 3.63) is 54.1 Å². The number of phenolic OH excluding ortho intramolecular Hbond substituents is 1. The fourth-order valence-electron chi connectivity index (χ4n) is 1.98. The quantitative estimate of drug-likeness (QED) is 0.560. The van der Waals surface area contributed by atoms with E-state index in [9.17, 15) is 9.90 Å². The van der Waals surface area contributed by atoms with Crippen molar-refractivity contribution in [2.45, 2.75) is 6.54 Å². The van der Waals surface area contributed by atoms with Gasteiger partial charge in [0.25, 0.3) is 5.91 Å². The van der Waals surface area contributed by atoms with E-state index in [0.29, 0.717) is 5.56 Å². The number of nitrogens with zero attached hydrogens (tertiary/aromatic N) is 4. The Kier molecular flexibility index (Phi) is 3.78. The number of amides is 1. The fraction of sp³-hybridized carbons (Fsp3) is 0.0667. The van der Waals surface area contributed by atoms with Gasteiger partial charge in [-0.2, -0.15) is 5.10 Å². The first-order chi connectivity index (χ1) is 10.7. The average Bonchev–Trinajstić information content (AvgIpc) is 2.92. The van der Waals surface area contributed by atoms with Crippen LogP contribution in [-0.4, -0.2) is 32.2 Å². The lowest BCUT2D eigenvalue weighted by Gasteiger charge is -2.01. The summed E-state index contributed by atoms with van der Waals surface area (Å²) in [4.78, 5) is 11.9. The summed E-state index contributed by atoms with van der Waals surface area (Å²) in [5.41, 5.74) is 4.42. The fourth-order valence-corrected chi connectivity index (χ4v) is 1.98. The van der Waals surface area contributed by atoms with E-state index in [0.717, 1.165) is 11.0 Å². The Hall–Kier alpha value is -3.22. The highest BCUT2D eigenvalue weighted by Gasteiger charge is 2.07. The standard InChI is InChI=1S/C15H13N5O2/c21-14-8-4-1-5-11(14)9-16-18-15(22)10-20-13-7-3-2-6-12(13)17-19-20/h1-9,21H,10H2,(H,18,22)/b16-9-. The van der Waals surface area contributed by atoms with Gasteiger partial charge in [-0.05, 0) is 24.3 Å². The molecule has 0 spiro atoms. The van der Waals surface area contributed by atoms with Crippen LogP contribution in [0.3, 0.4) is 0 Å². The molecule has 7 nitrogen and oxygen atoms in total. The third-order valence-corrected chi connectivity index (χ3v) is 3.04. The van der Waals surface area contributed by atoms with Crippen LogP contribution in [0.15, 0.2) is 53.6 Å². The van der Waals surface area contributed by atoms with Crippen LogP contribution in [0.5, 0.6) is 5.75 Å². The predicted octanol–water partition coefficient (Wildman–Crippen LogP) is 1.29. The number of hydrogen-bond acceptors (Lipinski definition) is 5. The molecule has 3 aromatic rings. The Balaban J connectivity index is 1.65. The van der Waals surface area contributed by atoms with Gasteiger partial charge in [0.1, 0.15) is 17.8 Å². The smallest absolute Gasteiger partial charge is 0.261 e. The van der Waals surface area contributed by atoms with E-state index in [1.54, 1.807) is 24.3 Å². The van der Waals surface area contributed by atoms with Crippen LogP contribution in [0.1, 0.15) is 5.56 Å². The largest absolute Gasteiger partial charge is 0.507 e. The van der Waals surface area contributed by atoms with E-state index < -0.39 is 0 Å². The van der Waals surface area contributed by atoms with Crippen molar-refractivity contribution in [1.29, 1.82) is 0 Å². The number of fused-ring (bicyclic) bond motifs is 1. The topological polar surface area (TPSA) is 92.4 Å². The van der Waals surface area contributed by atoms with Crippen molar-refractivity contribution >= 4 is 23.2 Å². The summed E-state index contributed by atoms with van der Waals surface area (Å²) >= 11 is 0. The minimum Gasteiger partial charge on any atom is -0.507 e. The molecule has 0 radical (unpaired) electrons. The summed E-state index contributed by atoms with van der Waals surface area (Å²) in [7, 11) is 0. The van der Waals surface area contributed by atoms with E-state index in [-0.39, 0.29) is 18.2 Å². The molecule has 110 valence electrons. The van der Waals surface area contributed by atoms with E-state index >= 15 is 0 Å². The molecule has 2 aromatic carbocycles. The number of aromatic hydroxyl groups is 1. The molecule has 0 aliphatic rings. The molecule has 0 aliphatic heterocycles. The molecule has 0 saturated heterocycles. The second-order valence-corrected chi connectivity index (χ2v) is 4.59. The predicted molar refractivity (Wildman–Crippen MR) is 81.4 cm³/mol. The summed E-state index contributed by atoms with van der Waals surface area (Å²) < 4.78 is 1.50. The zero-order valence-electron chi connectivity index (χ0n) is 11.5. The summed E-state index contributed by atoms with van der Waals surface area (Å²) in [6, 6.07) is 14.1. The number of phenols is 1. The van der Waals surface area contributed by atoms with E-state index in [2.05, 4.69) is 20.8 Å². The number of aromatic nitrogens is 3. The van der Waals surface area contributed by atoms with E-state index in [4.69, 9.17) is 0 Å². The maximum atomic E-state index is 11.9. The number of benzene rings is 2. The molecule has 0 atom stereocenters. The van der Waals surface area contributed by atoms with Gasteiger partial charge in [-0.15, -0.1) is 5.10 Å². The highest BCUT2D eigenvalue weighted by molar-refractivity contribution is 5.85. The first-order valence-corrected chi connectivity index (χ1v) is 6.62. The Morgan fingerprint density at radius 1 is 1.23 bits per heavy atom. The van der Waals surface area contributed by atoms with Crippen molar-refractivity contribution < 1.29 is 9.90 Å². The summed E-state index contributed by atoms with van der Waals surface area (Å²) in [5.74, 6) is -0.231. The van der Waals surface area contributed by atoms with Gasteiger partial charge < -0.3 is 5.11 Å². The van der Waals surface area contributed by atoms with Crippen molar-refractivity contribution in [1.82, 2.24) is 20.4 Å². The molecule has 0 aliphatic carbocycles. The molecule has 7 heteroatoms. The highest BCUT2D eigenvalue weighted by Crippen LogP contribution is 2.12. The van der Waals surface area contributed by atoms with Crippen molar-refractivity contribution in [3.8, 4) is 5.75 Å². The van der Waals surface area contributed by atoms with Crippen molar-refractivity contribution in [3.63, 3.8) is 0 Å². The molecular weight excluding hydrogens is 282 g/mol. The zero-order valence-corrected chi connectivity index (χ0v) is 11.5. The summed E-state index contributed by atoms with van der Waals surface area (Å²) in [6.07, 6.45) is 1.38. The number of carbonyl (C=O) groups excluding carboxylic acids is 1. The minimum absolute atomic E-state index is 0.0125. The van der Waals surface area contributed by atoms with Gasteiger partial charge >= 0.3 is 0 Å². The SMILES string of the molecule is O=C(Cn1nnc2ccccc21)N/N=C\c1ccccc1O. The lowest BCUT2D eigenvalue weighted by molar-refractivity contribution is -0.121. The van der Waals surface area contributed by atoms with Crippen molar-refractivity contribution in [2.24, 2.45) is 5.10 Å². The Morgan fingerprint density at radius 3 is 2.86 bits per heavy atom. The van der Waals surface area contributed by atoms with Gasteiger partial charge in [-0.25, -0.2) is 10.1 Å². The van der Waals surface area contributed by atoms with Crippen LogP contribution in [-0.2, 0) is 11.3 Å². The monoisotopic (exact) mass is 295 g/mol. The van der Waals surface area contributed by atoms with Crippen LogP contribution < -0.4 is 5.43 Å². The summed E-state index contributed by atoms with van der Waals surface area (Å²) in [5, 5.41) is 21.3. The molecule has 22 heavy (non-hydrogen) atoms. The van der Waals surface area contributed by atoms with Gasteiger partial charge in [0.05, 0.1) is 11.7 Å². The van der Waals surface area contributed by atoms with Crippen LogP contribution >= 0.6 is 0 Å². The molecule has 0 saturated carbocycles. The molecular formula is C15H13N5O2. The Bertz CT molecular complexity index is 841. The molecule has 0 bridgehead atoms. The average molecular weight is 295 g/mol. The number of hydrazone groups is 1. The summed E-state index contributed by atoms with van der Waals surface area (Å²) in [6.45, 7) is 0.0125. The number of nitrogens with one attached hydrogen (secondary N) is 1. The van der Waals surface area contributed by atoms with Crippen molar-refractivity contribution in [2.75, 3.05) is 0 Å². The molecule has 0 fully saturated rings. The van der Waals surface area contributed by atoms with Gasteiger partial charge in [0.2, 0.25) is 0 Å². The number of carbonyl (C=O) groups is 1. The van der Waals surface area contributed by atoms with Crippen LogP contribution in [0.25, 0.3) is 11.0 Å². The van der Waals surface area contributed by atoms with Gasteiger partial charge in [0.15, 0.2) is 0 Å². The zero-order chi connectivity index (χ0) is 15.4. The minimum atomic E-state index is -0.331. The highest BCUT2D eigenvalue weighted by atomic mass is 16.3. The second-order valence-electron chi connectivity index (χ2n) is 4.59. The second kappa shape index (κ2) is 6.04. The maximum absolute atomic E-state index is 11.9. The third kappa shape index (κ3) is 2.93. The molecule has 2 N–H and O–H groups in total. The molecule has 1 aromatic heterocycles. The molecule has 1 amide bonds. The number of para-hydroxylation sites is 2. The van der Waals surface area contributed by atoms with Crippen LogP contribution in [0, 0.1) is 0 Å². The van der Waals surface area contributed by atoms with Gasteiger partial charge in [0, 0.05) is 5.56 Å². The number of hydrogen-bond donors (Lipinski definition) is 2. The lowest BCUT2D eigenvalue weighted by Crippen LogP contribution is -2.23. The van der Waals surface area contributed by atoms with E-state index in [1.165, 1.54) is 10.9 Å². The normalized spacial score (nSPS) is 11.1. The molecule has 1 heterocycles. The first kappa shape index (κ1) is 13.7. The third-order valence-electron chi connectivity index (χ3n) is 3.04.